The third-order valence-electron chi connectivity index (χ3n) is 1.71. The summed E-state index contributed by atoms with van der Waals surface area (Å²) in [6, 6.07) is 0. The zero-order chi connectivity index (χ0) is 6.81. The van der Waals surface area contributed by atoms with Crippen molar-refractivity contribution in [1.29, 1.82) is 0 Å². The molecule has 2 heterocycles. The van der Waals surface area contributed by atoms with Gasteiger partial charge in [-0.05, 0) is 6.42 Å². The number of rotatable bonds is 0. The topological polar surface area (TPSA) is 39.1 Å². The summed E-state index contributed by atoms with van der Waals surface area (Å²) in [5.74, 6) is 1.09. The summed E-state index contributed by atoms with van der Waals surface area (Å²) in [5, 5.41) is 3.24. The molecule has 0 bridgehead atoms. The van der Waals surface area contributed by atoms with Crippen LogP contribution in [0.5, 0.6) is 0 Å². The van der Waals surface area contributed by atoms with Gasteiger partial charge in [0.25, 0.3) is 5.82 Å². The molecule has 1 aliphatic heterocycles. The Labute approximate surface area is 59.5 Å². The van der Waals surface area contributed by atoms with Gasteiger partial charge >= 0.3 is 0 Å². The molecule has 3 nitrogen and oxygen atoms in total. The van der Waals surface area contributed by atoms with Crippen molar-refractivity contribution in [3.8, 4) is 0 Å². The molecule has 1 aromatic rings. The molecular formula is C7H10N3+. The van der Waals surface area contributed by atoms with Crippen molar-refractivity contribution in [3.05, 3.63) is 18.1 Å². The number of nitrogens with one attached hydrogen (secondary N) is 2. The summed E-state index contributed by atoms with van der Waals surface area (Å²) in [6.45, 7) is 1.06. The normalized spacial score (nSPS) is 15.6. The van der Waals surface area contributed by atoms with Gasteiger partial charge in [0.15, 0.2) is 0 Å². The van der Waals surface area contributed by atoms with E-state index in [1.54, 1.807) is 6.20 Å². The van der Waals surface area contributed by atoms with E-state index in [4.69, 9.17) is 0 Å². The molecule has 1 aromatic heterocycles. The molecule has 1 aliphatic rings. The Morgan fingerprint density at radius 1 is 1.60 bits per heavy atom. The van der Waals surface area contributed by atoms with E-state index in [0.717, 1.165) is 24.5 Å². The lowest BCUT2D eigenvalue weighted by Gasteiger charge is -2.07. The Morgan fingerprint density at radius 2 is 2.60 bits per heavy atom. The number of fused-ring (bicyclic) bond motifs is 1. The Hall–Kier alpha value is -1.12. The Morgan fingerprint density at radius 3 is 3.50 bits per heavy atom. The maximum absolute atomic E-state index is 4.23. The molecule has 0 spiro atoms. The monoisotopic (exact) mass is 136 g/mol. The highest BCUT2D eigenvalue weighted by Crippen LogP contribution is 2.11. The number of aromatic nitrogens is 2. The first-order valence-electron chi connectivity index (χ1n) is 3.56. The van der Waals surface area contributed by atoms with E-state index in [1.165, 1.54) is 6.42 Å². The van der Waals surface area contributed by atoms with Gasteiger partial charge < -0.3 is 0 Å². The van der Waals surface area contributed by atoms with E-state index < -0.39 is 0 Å². The van der Waals surface area contributed by atoms with Crippen LogP contribution in [0.1, 0.15) is 12.1 Å². The first-order chi connectivity index (χ1) is 4.97. The second-order valence-corrected chi connectivity index (χ2v) is 2.44. The largest absolute Gasteiger partial charge is 0.294 e. The van der Waals surface area contributed by atoms with Gasteiger partial charge in [-0.15, -0.1) is 0 Å². The number of hydrogen-bond donors (Lipinski definition) is 1. The average molecular weight is 136 g/mol. The predicted molar refractivity (Wildman–Crippen MR) is 37.6 cm³/mol. The fourth-order valence-electron chi connectivity index (χ4n) is 1.21. The highest BCUT2D eigenvalue weighted by Gasteiger charge is 2.14. The molecule has 0 saturated carbocycles. The molecule has 10 heavy (non-hydrogen) atoms. The van der Waals surface area contributed by atoms with E-state index in [0.29, 0.717) is 0 Å². The van der Waals surface area contributed by atoms with Gasteiger partial charge in [0.1, 0.15) is 11.9 Å². The molecule has 0 unspecified atom stereocenters. The molecule has 0 aromatic carbocycles. The molecule has 52 valence electrons. The van der Waals surface area contributed by atoms with Crippen LogP contribution < -0.4 is 10.3 Å². The molecule has 0 radical (unpaired) electrons. The Kier molecular flexibility index (Phi) is 1.27. The fourth-order valence-corrected chi connectivity index (χ4v) is 1.21. The van der Waals surface area contributed by atoms with Crippen molar-refractivity contribution < 1.29 is 4.98 Å². The van der Waals surface area contributed by atoms with Crippen LogP contribution in [0.2, 0.25) is 0 Å². The first kappa shape index (κ1) is 5.65. The van der Waals surface area contributed by atoms with Gasteiger partial charge in [-0.25, -0.2) is 9.97 Å². The first-order valence-corrected chi connectivity index (χ1v) is 3.56. The number of anilines is 1. The molecule has 0 saturated heterocycles. The van der Waals surface area contributed by atoms with Crippen molar-refractivity contribution in [3.63, 3.8) is 0 Å². The molecule has 0 aliphatic carbocycles. The van der Waals surface area contributed by atoms with Crippen molar-refractivity contribution in [1.82, 2.24) is 4.98 Å². The van der Waals surface area contributed by atoms with Crippen LogP contribution in [-0.2, 0) is 6.42 Å². The van der Waals surface area contributed by atoms with Crippen LogP contribution in [0.15, 0.2) is 12.4 Å². The van der Waals surface area contributed by atoms with Crippen molar-refractivity contribution in [2.45, 2.75) is 12.8 Å². The minimum atomic E-state index is 1.06. The standard InChI is InChI=1S/C7H9N3/c1-2-6-7(9-3-1)10-5-4-8-6/h4-5H,1-3H2,(H,9,10)/p+1. The van der Waals surface area contributed by atoms with Crippen LogP contribution in [0.4, 0.5) is 5.82 Å². The zero-order valence-electron chi connectivity index (χ0n) is 5.72. The molecule has 2 rings (SSSR count). The number of aryl methyl sites for hydroxylation is 1. The third kappa shape index (κ3) is 0.835. The van der Waals surface area contributed by atoms with Gasteiger partial charge in [0.2, 0.25) is 0 Å². The minimum absolute atomic E-state index is 1.06. The van der Waals surface area contributed by atoms with Crippen LogP contribution in [0.3, 0.4) is 0 Å². The third-order valence-corrected chi connectivity index (χ3v) is 1.71. The lowest BCUT2D eigenvalue weighted by Crippen LogP contribution is -2.21. The van der Waals surface area contributed by atoms with Gasteiger partial charge in [-0.3, -0.25) is 5.32 Å². The molecule has 0 atom stereocenters. The molecule has 0 amide bonds. The lowest BCUT2D eigenvalue weighted by molar-refractivity contribution is -0.363. The van der Waals surface area contributed by atoms with Crippen molar-refractivity contribution in [2.24, 2.45) is 0 Å². The molecule has 3 heteroatoms. The summed E-state index contributed by atoms with van der Waals surface area (Å²) in [6.07, 6.45) is 5.93. The van der Waals surface area contributed by atoms with Gasteiger partial charge in [0, 0.05) is 6.42 Å². The van der Waals surface area contributed by atoms with Crippen molar-refractivity contribution >= 4 is 5.82 Å². The Balaban J connectivity index is 2.41. The van der Waals surface area contributed by atoms with E-state index >= 15 is 0 Å². The van der Waals surface area contributed by atoms with Crippen molar-refractivity contribution in [2.75, 3.05) is 11.9 Å². The van der Waals surface area contributed by atoms with Crippen LogP contribution in [-0.4, -0.2) is 11.5 Å². The fraction of sp³-hybridized carbons (Fsp3) is 0.429. The number of H-pyrrole nitrogens is 1. The number of hydrogen-bond acceptors (Lipinski definition) is 2. The number of nitrogens with zero attached hydrogens (tertiary/aromatic N) is 1. The minimum Gasteiger partial charge on any atom is -0.273 e. The zero-order valence-corrected chi connectivity index (χ0v) is 5.72. The summed E-state index contributed by atoms with van der Waals surface area (Å²) < 4.78 is 0. The van der Waals surface area contributed by atoms with E-state index in [9.17, 15) is 0 Å². The lowest BCUT2D eigenvalue weighted by atomic mass is 10.2. The highest BCUT2D eigenvalue weighted by atomic mass is 15.0. The number of aromatic amines is 1. The Bertz CT molecular complexity index is 209. The van der Waals surface area contributed by atoms with Gasteiger partial charge in [-0.2, -0.15) is 0 Å². The van der Waals surface area contributed by atoms with E-state index in [1.807, 2.05) is 6.20 Å². The van der Waals surface area contributed by atoms with Crippen LogP contribution in [0.25, 0.3) is 0 Å². The summed E-state index contributed by atoms with van der Waals surface area (Å²) >= 11 is 0. The maximum Gasteiger partial charge on any atom is 0.294 e. The van der Waals surface area contributed by atoms with Crippen LogP contribution >= 0.6 is 0 Å². The highest BCUT2D eigenvalue weighted by molar-refractivity contribution is 5.35. The van der Waals surface area contributed by atoms with E-state index in [2.05, 4.69) is 15.3 Å². The average Bonchev–Trinajstić information content (AvgIpc) is 2.05. The SMILES string of the molecule is c1c[nH+]c2c(n1)CCCN2. The van der Waals surface area contributed by atoms with E-state index in [-0.39, 0.29) is 0 Å². The second kappa shape index (κ2) is 2.25. The predicted octanol–water partition coefficient (Wildman–Crippen LogP) is 0.254. The molecular weight excluding hydrogens is 126 g/mol. The summed E-state index contributed by atoms with van der Waals surface area (Å²) in [4.78, 5) is 7.34. The van der Waals surface area contributed by atoms with Crippen LogP contribution in [0, 0.1) is 0 Å². The smallest absolute Gasteiger partial charge is 0.273 e. The molecule has 0 fully saturated rings. The summed E-state index contributed by atoms with van der Waals surface area (Å²) in [5.41, 5.74) is 1.16. The quantitative estimate of drug-likeness (QED) is 0.555. The summed E-state index contributed by atoms with van der Waals surface area (Å²) in [7, 11) is 0. The van der Waals surface area contributed by atoms with Gasteiger partial charge in [-0.1, -0.05) is 0 Å². The maximum atomic E-state index is 4.23. The van der Waals surface area contributed by atoms with Gasteiger partial charge in [0.05, 0.1) is 12.7 Å². The molecule has 2 N–H and O–H groups in total. The second-order valence-electron chi connectivity index (χ2n) is 2.44.